The van der Waals surface area contributed by atoms with Crippen molar-refractivity contribution < 1.29 is 28.7 Å². The van der Waals surface area contributed by atoms with Gasteiger partial charge in [-0.05, 0) is 90.6 Å². The first-order chi connectivity index (χ1) is 27.3. The third kappa shape index (κ3) is 12.9. The van der Waals surface area contributed by atoms with Crippen LogP contribution in [-0.2, 0) is 23.8 Å². The van der Waals surface area contributed by atoms with E-state index < -0.39 is 5.72 Å². The summed E-state index contributed by atoms with van der Waals surface area (Å²) in [4.78, 5) is 30.2. The highest BCUT2D eigenvalue weighted by Gasteiger charge is 2.66. The fourth-order valence-electron chi connectivity index (χ4n) is 10.7. The summed E-state index contributed by atoms with van der Waals surface area (Å²) in [7, 11) is 0. The van der Waals surface area contributed by atoms with E-state index in [0.717, 1.165) is 116 Å². The number of carbonyl (C=O) groups excluding carboxylic acids is 2. The standard InChI is InChI=1S/C45H82N6O5/c1-3-38-24-16-17-28-44(56-38)35-37-26-27-39-41(45(29-21-23-36(2)55-45)49-43(48-44)51(37)39)42(53)54-34-20-14-12-10-8-6-4-5-7-9-11-13-15-25-40(52)50(33-22-31-47)32-19-18-30-46/h16,24,36-39,41,43,48-49H,3-15,17-23,25-35,46-47H2,1-2H3/p+1/t36-,37+,38+,39-,41-,43?,44+,45-/m1/s1. The van der Waals surface area contributed by atoms with E-state index in [-0.39, 0.29) is 48.1 Å². The molecular formula is C45H83N6O5+. The Kier molecular flexibility index (Phi) is 19.4. The topological polar surface area (TPSA) is 146 Å². The van der Waals surface area contributed by atoms with Crippen molar-refractivity contribution in [2.24, 2.45) is 17.4 Å². The van der Waals surface area contributed by atoms with Gasteiger partial charge in [-0.1, -0.05) is 89.7 Å². The molecule has 9 atom stereocenters. The minimum atomic E-state index is -0.696. The molecule has 7 N–H and O–H groups in total. The SMILES string of the molecule is CC[C@H]1C=CCC[C@@]2(C[C@@H]3CC[C@@H]4[C@H](C(=O)OCCCCCCCCCCCCCCCC(=O)N(CCCN)CCCCN)[C@]5(CCC[C@@H](C)O5)NC(N2)[NH+]34)O1. The van der Waals surface area contributed by atoms with Gasteiger partial charge in [0.25, 0.3) is 0 Å². The zero-order valence-electron chi connectivity index (χ0n) is 35.7. The minimum absolute atomic E-state index is 0.000195. The number of hydrogen-bond donors (Lipinski definition) is 5. The van der Waals surface area contributed by atoms with E-state index in [9.17, 15) is 9.59 Å². The van der Waals surface area contributed by atoms with Gasteiger partial charge in [0.2, 0.25) is 12.2 Å². The molecule has 2 spiro atoms. The molecule has 56 heavy (non-hydrogen) atoms. The molecule has 2 unspecified atom stereocenters. The normalized spacial score (nSPS) is 32.4. The Bertz CT molecular complexity index is 1190. The second-order valence-electron chi connectivity index (χ2n) is 18.1. The van der Waals surface area contributed by atoms with E-state index in [0.29, 0.717) is 32.2 Å². The molecule has 4 saturated heterocycles. The molecule has 5 rings (SSSR count). The molecule has 0 radical (unpaired) electrons. The van der Waals surface area contributed by atoms with Crippen molar-refractivity contribution in [3.63, 3.8) is 0 Å². The summed E-state index contributed by atoms with van der Waals surface area (Å²) >= 11 is 0. The molecule has 0 aromatic heterocycles. The van der Waals surface area contributed by atoms with Crippen molar-refractivity contribution in [1.29, 1.82) is 0 Å². The van der Waals surface area contributed by atoms with E-state index in [4.69, 9.17) is 25.7 Å². The van der Waals surface area contributed by atoms with Crippen molar-refractivity contribution in [3.8, 4) is 0 Å². The number of nitrogens with two attached hydrogens (primary N) is 2. The Labute approximate surface area is 340 Å². The lowest BCUT2D eigenvalue weighted by molar-refractivity contribution is -0.985. The third-order valence-electron chi connectivity index (χ3n) is 13.7. The molecule has 322 valence electrons. The van der Waals surface area contributed by atoms with Gasteiger partial charge in [0.1, 0.15) is 17.5 Å². The lowest BCUT2D eigenvalue weighted by Gasteiger charge is -2.58. The summed E-state index contributed by atoms with van der Waals surface area (Å²) in [6, 6.07) is 0.646. The van der Waals surface area contributed by atoms with Crippen molar-refractivity contribution in [2.75, 3.05) is 32.8 Å². The lowest BCUT2D eigenvalue weighted by atomic mass is 9.79. The summed E-state index contributed by atoms with van der Waals surface area (Å²) in [5, 5.41) is 7.92. The van der Waals surface area contributed by atoms with Gasteiger partial charge in [-0.25, -0.2) is 10.6 Å². The molecule has 0 aromatic rings. The summed E-state index contributed by atoms with van der Waals surface area (Å²) in [5.41, 5.74) is 10.3. The molecule has 11 nitrogen and oxygen atoms in total. The predicted molar refractivity (Wildman–Crippen MR) is 223 cm³/mol. The van der Waals surface area contributed by atoms with Crippen LogP contribution in [0.2, 0.25) is 0 Å². The van der Waals surface area contributed by atoms with Gasteiger partial charge in [-0.3, -0.25) is 9.59 Å². The van der Waals surface area contributed by atoms with E-state index in [1.54, 1.807) is 0 Å². The number of unbranched alkanes of at least 4 members (excludes halogenated alkanes) is 13. The van der Waals surface area contributed by atoms with Crippen LogP contribution in [0.1, 0.15) is 181 Å². The number of allylic oxidation sites excluding steroid dienone is 1. The Morgan fingerprint density at radius 1 is 0.821 bits per heavy atom. The van der Waals surface area contributed by atoms with Gasteiger partial charge in [0.15, 0.2) is 5.92 Å². The minimum Gasteiger partial charge on any atom is -0.465 e. The van der Waals surface area contributed by atoms with Crippen LogP contribution < -0.4 is 27.0 Å². The number of nitrogens with one attached hydrogen (secondary N) is 3. The molecule has 0 saturated carbocycles. The molecule has 4 fully saturated rings. The number of esters is 1. The quantitative estimate of drug-likeness (QED) is 0.0431. The second kappa shape index (κ2) is 23.9. The Morgan fingerprint density at radius 3 is 2.18 bits per heavy atom. The molecule has 0 aromatic carbocycles. The molecule has 5 aliphatic heterocycles. The number of hydrogen-bond acceptors (Lipinski definition) is 9. The molecule has 0 bridgehead atoms. The summed E-state index contributed by atoms with van der Waals surface area (Å²) in [6.45, 7) is 7.77. The van der Waals surface area contributed by atoms with Crippen LogP contribution in [0.5, 0.6) is 0 Å². The largest absolute Gasteiger partial charge is 0.465 e. The lowest BCUT2D eigenvalue weighted by Crippen LogP contribution is -3.29. The number of carbonyl (C=O) groups is 2. The Hall–Kier alpha value is -1.60. The smallest absolute Gasteiger partial charge is 0.319 e. The number of quaternary nitrogens is 1. The van der Waals surface area contributed by atoms with Gasteiger partial charge >= 0.3 is 5.97 Å². The van der Waals surface area contributed by atoms with Crippen molar-refractivity contribution in [3.05, 3.63) is 12.2 Å². The first-order valence-electron chi connectivity index (χ1n) is 23.6. The van der Waals surface area contributed by atoms with Gasteiger partial charge in [-0.2, -0.15) is 0 Å². The fourth-order valence-corrected chi connectivity index (χ4v) is 10.7. The monoisotopic (exact) mass is 788 g/mol. The summed E-state index contributed by atoms with van der Waals surface area (Å²) < 4.78 is 19.8. The van der Waals surface area contributed by atoms with Gasteiger partial charge < -0.3 is 35.5 Å². The van der Waals surface area contributed by atoms with Crippen LogP contribution >= 0.6 is 0 Å². The zero-order chi connectivity index (χ0) is 39.6. The van der Waals surface area contributed by atoms with Gasteiger partial charge in [-0.15, -0.1) is 0 Å². The van der Waals surface area contributed by atoms with Crippen LogP contribution in [-0.4, -0.2) is 91.6 Å². The van der Waals surface area contributed by atoms with E-state index in [2.05, 4.69) is 36.6 Å². The average Bonchev–Trinajstić information content (AvgIpc) is 3.49. The van der Waals surface area contributed by atoms with Crippen LogP contribution in [0, 0.1) is 5.92 Å². The van der Waals surface area contributed by atoms with Crippen LogP contribution in [0.15, 0.2) is 12.2 Å². The summed E-state index contributed by atoms with van der Waals surface area (Å²) in [5.74, 6) is -0.0632. The maximum absolute atomic E-state index is 14.1. The maximum Gasteiger partial charge on any atom is 0.319 e. The van der Waals surface area contributed by atoms with E-state index >= 15 is 0 Å². The van der Waals surface area contributed by atoms with Crippen molar-refractivity contribution in [2.45, 2.75) is 223 Å². The number of ether oxygens (including phenoxy) is 3. The van der Waals surface area contributed by atoms with Crippen molar-refractivity contribution in [1.82, 2.24) is 15.5 Å². The van der Waals surface area contributed by atoms with Gasteiger partial charge in [0.05, 0.1) is 24.9 Å². The molecule has 11 heteroatoms. The van der Waals surface area contributed by atoms with E-state index in [1.807, 2.05) is 4.90 Å². The van der Waals surface area contributed by atoms with E-state index in [1.165, 1.54) is 62.7 Å². The molecule has 5 heterocycles. The van der Waals surface area contributed by atoms with Crippen molar-refractivity contribution >= 4 is 11.9 Å². The molecular weight excluding hydrogens is 705 g/mol. The highest BCUT2D eigenvalue weighted by Crippen LogP contribution is 2.42. The number of amides is 1. The Morgan fingerprint density at radius 2 is 1.50 bits per heavy atom. The maximum atomic E-state index is 14.1. The zero-order valence-corrected chi connectivity index (χ0v) is 35.7. The first kappa shape index (κ1) is 45.5. The highest BCUT2D eigenvalue weighted by atomic mass is 16.6. The predicted octanol–water partition coefficient (Wildman–Crippen LogP) is 5.95. The molecule has 0 aliphatic carbocycles. The Balaban J connectivity index is 0.933. The van der Waals surface area contributed by atoms with Crippen LogP contribution in [0.3, 0.4) is 0 Å². The fraction of sp³-hybridized carbons (Fsp3) is 0.911. The number of rotatable bonds is 25. The third-order valence-corrected chi connectivity index (χ3v) is 13.7. The second-order valence-corrected chi connectivity index (χ2v) is 18.1. The van der Waals surface area contributed by atoms with Crippen LogP contribution in [0.4, 0.5) is 0 Å². The van der Waals surface area contributed by atoms with Crippen LogP contribution in [0.25, 0.3) is 0 Å². The highest BCUT2D eigenvalue weighted by molar-refractivity contribution is 5.76. The number of nitrogens with zero attached hydrogens (tertiary/aromatic N) is 1. The average molecular weight is 788 g/mol. The molecule has 5 aliphatic rings. The van der Waals surface area contributed by atoms with Gasteiger partial charge in [0, 0.05) is 38.8 Å². The molecule has 1 amide bonds. The first-order valence-corrected chi connectivity index (χ1v) is 23.6. The summed E-state index contributed by atoms with van der Waals surface area (Å²) in [6.07, 6.45) is 32.9.